The van der Waals surface area contributed by atoms with Gasteiger partial charge in [-0.2, -0.15) is 0 Å². The van der Waals surface area contributed by atoms with E-state index in [-0.39, 0.29) is 11.9 Å². The number of pyridine rings is 1. The Morgan fingerprint density at radius 1 is 1.23 bits per heavy atom. The van der Waals surface area contributed by atoms with Crippen molar-refractivity contribution in [2.45, 2.75) is 25.8 Å². The average molecular weight is 434 g/mol. The first-order chi connectivity index (χ1) is 15.2. The zero-order valence-corrected chi connectivity index (χ0v) is 18.6. The molecule has 0 bridgehead atoms. The Morgan fingerprint density at radius 2 is 2.06 bits per heavy atom. The summed E-state index contributed by atoms with van der Waals surface area (Å²) in [5.41, 5.74) is 4.96. The SMILES string of the molecule is CC(CN1CCOCC1)NC(=O)c1c2c(nc3ccccc13)/C(=C\c1cccs1)CC2. The molecule has 3 aromatic rings. The molecular formula is C25H27N3O2S. The number of hydrogen-bond acceptors (Lipinski definition) is 5. The largest absolute Gasteiger partial charge is 0.379 e. The third kappa shape index (κ3) is 4.28. The van der Waals surface area contributed by atoms with E-state index < -0.39 is 0 Å². The third-order valence-corrected chi connectivity index (χ3v) is 6.86. The number of nitrogens with one attached hydrogen (secondary N) is 1. The van der Waals surface area contributed by atoms with Gasteiger partial charge in [0.1, 0.15) is 0 Å². The normalized spacial score (nSPS) is 18.9. The average Bonchev–Trinajstić information content (AvgIpc) is 3.43. The molecule has 1 N–H and O–H groups in total. The molecule has 160 valence electrons. The number of morpholine rings is 1. The van der Waals surface area contributed by atoms with Crippen molar-refractivity contribution in [1.29, 1.82) is 0 Å². The van der Waals surface area contributed by atoms with Crippen molar-refractivity contribution >= 4 is 39.8 Å². The fourth-order valence-electron chi connectivity index (χ4n) is 4.60. The lowest BCUT2D eigenvalue weighted by molar-refractivity contribution is 0.0342. The number of nitrogens with zero attached hydrogens (tertiary/aromatic N) is 2. The molecule has 0 radical (unpaired) electrons. The van der Waals surface area contributed by atoms with E-state index in [2.05, 4.69) is 40.7 Å². The van der Waals surface area contributed by atoms with Crippen LogP contribution in [0.4, 0.5) is 0 Å². The molecule has 1 aromatic carbocycles. The van der Waals surface area contributed by atoms with Gasteiger partial charge in [0.2, 0.25) is 0 Å². The van der Waals surface area contributed by atoms with Crippen molar-refractivity contribution in [3.05, 3.63) is 63.5 Å². The molecule has 5 rings (SSSR count). The van der Waals surface area contributed by atoms with Crippen molar-refractivity contribution in [2.75, 3.05) is 32.8 Å². The third-order valence-electron chi connectivity index (χ3n) is 6.04. The standard InChI is InChI=1S/C25H27N3O2S/c1-17(16-28-10-12-30-13-11-28)26-25(29)23-20-6-2-3-7-22(20)27-24-18(8-9-21(23)24)15-19-5-4-14-31-19/h2-7,14-15,17H,8-13,16H2,1H3,(H,26,29)/b18-15-. The van der Waals surface area contributed by atoms with Gasteiger partial charge in [0.15, 0.2) is 0 Å². The number of carbonyl (C=O) groups excluding carboxylic acids is 1. The van der Waals surface area contributed by atoms with Crippen LogP contribution in [-0.4, -0.2) is 54.7 Å². The number of rotatable bonds is 5. The van der Waals surface area contributed by atoms with Crippen molar-refractivity contribution in [3.63, 3.8) is 0 Å². The second-order valence-electron chi connectivity index (χ2n) is 8.30. The molecule has 3 heterocycles. The molecule has 1 atom stereocenters. The molecular weight excluding hydrogens is 406 g/mol. The molecule has 1 saturated heterocycles. The Morgan fingerprint density at radius 3 is 2.87 bits per heavy atom. The Labute approximate surface area is 186 Å². The number of para-hydroxylation sites is 1. The molecule has 6 heteroatoms. The number of hydrogen-bond donors (Lipinski definition) is 1. The topological polar surface area (TPSA) is 54.5 Å². The van der Waals surface area contributed by atoms with E-state index in [1.54, 1.807) is 11.3 Å². The molecule has 0 saturated carbocycles. The summed E-state index contributed by atoms with van der Waals surface area (Å²) in [4.78, 5) is 22.0. The number of thiophene rings is 1. The number of carbonyl (C=O) groups is 1. The number of allylic oxidation sites excluding steroid dienone is 1. The van der Waals surface area contributed by atoms with Crippen LogP contribution in [0, 0.1) is 0 Å². The van der Waals surface area contributed by atoms with Gasteiger partial charge in [0.25, 0.3) is 5.91 Å². The van der Waals surface area contributed by atoms with Gasteiger partial charge in [-0.3, -0.25) is 9.69 Å². The molecule has 2 aliphatic rings. The van der Waals surface area contributed by atoms with E-state index in [0.717, 1.165) is 73.4 Å². The molecule has 2 aromatic heterocycles. The first-order valence-corrected chi connectivity index (χ1v) is 11.8. The highest BCUT2D eigenvalue weighted by Crippen LogP contribution is 2.37. The van der Waals surface area contributed by atoms with Gasteiger partial charge in [0.05, 0.1) is 30.0 Å². The lowest BCUT2D eigenvalue weighted by Crippen LogP contribution is -2.46. The highest BCUT2D eigenvalue weighted by atomic mass is 32.1. The maximum Gasteiger partial charge on any atom is 0.252 e. The van der Waals surface area contributed by atoms with Crippen LogP contribution in [0.5, 0.6) is 0 Å². The molecule has 1 fully saturated rings. The van der Waals surface area contributed by atoms with E-state index >= 15 is 0 Å². The maximum atomic E-state index is 13.5. The van der Waals surface area contributed by atoms with Gasteiger partial charge < -0.3 is 10.1 Å². The highest BCUT2D eigenvalue weighted by Gasteiger charge is 2.27. The van der Waals surface area contributed by atoms with Crippen LogP contribution in [-0.2, 0) is 11.2 Å². The lowest BCUT2D eigenvalue weighted by atomic mass is 10.00. The summed E-state index contributed by atoms with van der Waals surface area (Å²) in [5.74, 6) is 0.00739. The van der Waals surface area contributed by atoms with Crippen molar-refractivity contribution in [2.24, 2.45) is 0 Å². The van der Waals surface area contributed by atoms with Gasteiger partial charge in [0, 0.05) is 35.9 Å². The van der Waals surface area contributed by atoms with Crippen LogP contribution in [0.15, 0.2) is 41.8 Å². The molecule has 1 aliphatic carbocycles. The second kappa shape index (κ2) is 8.91. The fraction of sp³-hybridized carbons (Fsp3) is 0.360. The van der Waals surface area contributed by atoms with Gasteiger partial charge in [-0.25, -0.2) is 4.98 Å². The van der Waals surface area contributed by atoms with Crippen LogP contribution < -0.4 is 5.32 Å². The minimum absolute atomic E-state index is 0.00739. The number of aromatic nitrogens is 1. The first-order valence-electron chi connectivity index (χ1n) is 11.0. The second-order valence-corrected chi connectivity index (χ2v) is 9.28. The van der Waals surface area contributed by atoms with E-state index in [1.807, 2.05) is 24.3 Å². The van der Waals surface area contributed by atoms with Gasteiger partial charge in [-0.1, -0.05) is 24.3 Å². The summed E-state index contributed by atoms with van der Waals surface area (Å²) >= 11 is 1.73. The molecule has 5 nitrogen and oxygen atoms in total. The fourth-order valence-corrected chi connectivity index (χ4v) is 5.28. The smallest absolute Gasteiger partial charge is 0.252 e. The van der Waals surface area contributed by atoms with E-state index in [4.69, 9.17) is 9.72 Å². The predicted molar refractivity (Wildman–Crippen MR) is 126 cm³/mol. The van der Waals surface area contributed by atoms with E-state index in [0.29, 0.717) is 0 Å². The minimum atomic E-state index is 0.00739. The van der Waals surface area contributed by atoms with Crippen LogP contribution >= 0.6 is 11.3 Å². The number of ether oxygens (including phenoxy) is 1. The molecule has 1 aliphatic heterocycles. The van der Waals surface area contributed by atoms with Crippen molar-refractivity contribution < 1.29 is 9.53 Å². The Bertz CT molecular complexity index is 1120. The number of fused-ring (bicyclic) bond motifs is 2. The van der Waals surface area contributed by atoms with Crippen LogP contribution in [0.3, 0.4) is 0 Å². The lowest BCUT2D eigenvalue weighted by Gasteiger charge is -2.29. The summed E-state index contributed by atoms with van der Waals surface area (Å²) in [6.07, 6.45) is 3.99. The summed E-state index contributed by atoms with van der Waals surface area (Å²) in [5, 5.41) is 6.29. The number of benzene rings is 1. The molecule has 31 heavy (non-hydrogen) atoms. The van der Waals surface area contributed by atoms with E-state index in [1.165, 1.54) is 10.5 Å². The monoisotopic (exact) mass is 433 g/mol. The Hall–Kier alpha value is -2.54. The summed E-state index contributed by atoms with van der Waals surface area (Å²) in [6.45, 7) is 6.29. The quantitative estimate of drug-likeness (QED) is 0.654. The maximum absolute atomic E-state index is 13.5. The zero-order valence-electron chi connectivity index (χ0n) is 17.8. The summed E-state index contributed by atoms with van der Waals surface area (Å²) in [6, 6.07) is 12.3. The molecule has 1 unspecified atom stereocenters. The zero-order chi connectivity index (χ0) is 21.2. The van der Waals surface area contributed by atoms with E-state index in [9.17, 15) is 4.79 Å². The van der Waals surface area contributed by atoms with Gasteiger partial charge in [-0.15, -0.1) is 11.3 Å². The van der Waals surface area contributed by atoms with Gasteiger partial charge in [-0.05, 0) is 54.5 Å². The van der Waals surface area contributed by atoms with Crippen LogP contribution in [0.25, 0.3) is 22.6 Å². The number of amides is 1. The highest BCUT2D eigenvalue weighted by molar-refractivity contribution is 7.10. The van der Waals surface area contributed by atoms with Crippen LogP contribution in [0.1, 0.15) is 39.8 Å². The van der Waals surface area contributed by atoms with Crippen molar-refractivity contribution in [1.82, 2.24) is 15.2 Å². The first kappa shape index (κ1) is 20.4. The minimum Gasteiger partial charge on any atom is -0.379 e. The molecule has 1 amide bonds. The summed E-state index contributed by atoms with van der Waals surface area (Å²) in [7, 11) is 0. The predicted octanol–water partition coefficient (Wildman–Crippen LogP) is 4.23. The van der Waals surface area contributed by atoms with Crippen LogP contribution in [0.2, 0.25) is 0 Å². The van der Waals surface area contributed by atoms with Gasteiger partial charge >= 0.3 is 0 Å². The Kier molecular flexibility index (Phi) is 5.85. The Balaban J connectivity index is 1.47. The van der Waals surface area contributed by atoms with Crippen molar-refractivity contribution in [3.8, 4) is 0 Å². The summed E-state index contributed by atoms with van der Waals surface area (Å²) < 4.78 is 5.44. The molecule has 0 spiro atoms.